The number of imidazole rings is 1. The molecule has 1 aromatic heterocycles. The van der Waals surface area contributed by atoms with Crippen molar-refractivity contribution in [3.63, 3.8) is 0 Å². The van der Waals surface area contributed by atoms with Gasteiger partial charge in [-0.15, -0.1) is 0 Å². The van der Waals surface area contributed by atoms with E-state index in [0.29, 0.717) is 10.8 Å². The molecule has 30 heavy (non-hydrogen) atoms. The Kier molecular flexibility index (Phi) is 5.95. The molecule has 6 heteroatoms. The maximum absolute atomic E-state index is 13.1. The number of nitrogens with one attached hydrogen (secondary N) is 2. The van der Waals surface area contributed by atoms with Gasteiger partial charge in [-0.2, -0.15) is 0 Å². The Balaban J connectivity index is 1.57. The van der Waals surface area contributed by atoms with Crippen LogP contribution in [0.5, 0.6) is 0 Å². The number of amides is 1. The Morgan fingerprint density at radius 2 is 1.53 bits per heavy atom. The van der Waals surface area contributed by atoms with Crippen LogP contribution in [0.15, 0.2) is 90.1 Å². The Morgan fingerprint density at radius 1 is 0.933 bits per heavy atom. The van der Waals surface area contributed by atoms with E-state index in [1.807, 2.05) is 67.6 Å². The number of benzene rings is 3. The molecule has 1 unspecified atom stereocenters. The van der Waals surface area contributed by atoms with Crippen LogP contribution in [0.2, 0.25) is 0 Å². The lowest BCUT2D eigenvalue weighted by Crippen LogP contribution is -2.22. The summed E-state index contributed by atoms with van der Waals surface area (Å²) in [5.41, 5.74) is 4.34. The van der Waals surface area contributed by atoms with E-state index in [-0.39, 0.29) is 11.7 Å². The van der Waals surface area contributed by atoms with Crippen molar-refractivity contribution < 1.29 is 9.18 Å². The first-order valence-corrected chi connectivity index (χ1v) is 10.4. The van der Waals surface area contributed by atoms with Crippen LogP contribution in [0.25, 0.3) is 22.5 Å². The summed E-state index contributed by atoms with van der Waals surface area (Å²) in [5, 5.41) is 3.07. The molecule has 0 saturated carbocycles. The molecule has 1 heterocycles. The van der Waals surface area contributed by atoms with Crippen molar-refractivity contribution in [3.05, 3.63) is 90.7 Å². The maximum atomic E-state index is 13.1. The number of anilines is 1. The van der Waals surface area contributed by atoms with Gasteiger partial charge in [-0.3, -0.25) is 4.79 Å². The van der Waals surface area contributed by atoms with E-state index >= 15 is 0 Å². The highest BCUT2D eigenvalue weighted by Crippen LogP contribution is 2.33. The number of halogens is 1. The van der Waals surface area contributed by atoms with E-state index in [1.165, 1.54) is 23.9 Å². The third-order valence-electron chi connectivity index (χ3n) is 4.56. The summed E-state index contributed by atoms with van der Waals surface area (Å²) in [4.78, 5) is 20.7. The van der Waals surface area contributed by atoms with E-state index in [4.69, 9.17) is 4.98 Å². The number of nitrogens with zero attached hydrogens (tertiary/aromatic N) is 1. The molecule has 4 nitrogen and oxygen atoms in total. The topological polar surface area (TPSA) is 57.8 Å². The fraction of sp³-hybridized carbons (Fsp3) is 0.0833. The summed E-state index contributed by atoms with van der Waals surface area (Å²) in [6.45, 7) is 1.82. The quantitative estimate of drug-likeness (QED) is 0.378. The molecule has 0 fully saturated rings. The second-order valence-electron chi connectivity index (χ2n) is 6.75. The molecular weight excluding hydrogens is 397 g/mol. The van der Waals surface area contributed by atoms with Gasteiger partial charge in [-0.05, 0) is 31.2 Å². The van der Waals surface area contributed by atoms with Crippen molar-refractivity contribution in [2.75, 3.05) is 5.32 Å². The molecule has 0 aliphatic rings. The highest BCUT2D eigenvalue weighted by Gasteiger charge is 2.20. The average Bonchev–Trinajstić information content (AvgIpc) is 3.20. The highest BCUT2D eigenvalue weighted by atomic mass is 32.2. The Bertz CT molecular complexity index is 1070. The Morgan fingerprint density at radius 3 is 2.17 bits per heavy atom. The van der Waals surface area contributed by atoms with Crippen LogP contribution >= 0.6 is 11.8 Å². The molecule has 0 aliphatic carbocycles. The van der Waals surface area contributed by atoms with Crippen molar-refractivity contribution in [1.82, 2.24) is 9.97 Å². The number of hydrogen-bond acceptors (Lipinski definition) is 3. The number of aromatic amines is 1. The van der Waals surface area contributed by atoms with E-state index in [0.717, 1.165) is 22.5 Å². The fourth-order valence-electron chi connectivity index (χ4n) is 3.02. The van der Waals surface area contributed by atoms with Crippen LogP contribution in [0.4, 0.5) is 10.1 Å². The van der Waals surface area contributed by atoms with Gasteiger partial charge in [-0.25, -0.2) is 9.37 Å². The van der Waals surface area contributed by atoms with Crippen LogP contribution in [-0.2, 0) is 4.79 Å². The lowest BCUT2D eigenvalue weighted by molar-refractivity contribution is -0.115. The SMILES string of the molecule is CC(Sc1nc(-c2ccccc2)c(-c2ccccc2)[nH]1)C(=O)Nc1ccc(F)cc1. The molecule has 0 radical (unpaired) electrons. The average molecular weight is 418 g/mol. The number of carbonyl (C=O) groups excluding carboxylic acids is 1. The molecule has 1 amide bonds. The number of rotatable bonds is 6. The minimum absolute atomic E-state index is 0.175. The standard InChI is InChI=1S/C24H20FN3OS/c1-16(23(29)26-20-14-12-19(25)13-15-20)30-24-27-21(17-8-4-2-5-9-17)22(28-24)18-10-6-3-7-11-18/h2-16H,1H3,(H,26,29)(H,27,28). The molecule has 0 spiro atoms. The fourth-order valence-corrected chi connectivity index (χ4v) is 3.83. The van der Waals surface area contributed by atoms with E-state index in [1.54, 1.807) is 12.1 Å². The Labute approximate surface area is 178 Å². The molecule has 0 bridgehead atoms. The van der Waals surface area contributed by atoms with Crippen molar-refractivity contribution >= 4 is 23.4 Å². The van der Waals surface area contributed by atoms with Crippen LogP contribution < -0.4 is 5.32 Å². The molecule has 4 aromatic rings. The number of aromatic nitrogens is 2. The zero-order chi connectivity index (χ0) is 20.9. The molecule has 1 atom stereocenters. The minimum atomic E-state index is -0.395. The van der Waals surface area contributed by atoms with Crippen LogP contribution in [0.1, 0.15) is 6.92 Å². The van der Waals surface area contributed by atoms with E-state index < -0.39 is 5.25 Å². The predicted octanol–water partition coefficient (Wildman–Crippen LogP) is 6.00. The summed E-state index contributed by atoms with van der Waals surface area (Å²) in [7, 11) is 0. The van der Waals surface area contributed by atoms with Gasteiger partial charge < -0.3 is 10.3 Å². The number of hydrogen-bond donors (Lipinski definition) is 2. The molecule has 150 valence electrons. The zero-order valence-corrected chi connectivity index (χ0v) is 17.1. The van der Waals surface area contributed by atoms with Gasteiger partial charge in [-0.1, -0.05) is 72.4 Å². The van der Waals surface area contributed by atoms with Gasteiger partial charge >= 0.3 is 0 Å². The maximum Gasteiger partial charge on any atom is 0.237 e. The first-order chi connectivity index (χ1) is 14.6. The number of H-pyrrole nitrogens is 1. The molecule has 3 aromatic carbocycles. The summed E-state index contributed by atoms with van der Waals surface area (Å²) in [6.07, 6.45) is 0. The van der Waals surface area contributed by atoms with Crippen LogP contribution in [0, 0.1) is 5.82 Å². The molecule has 0 saturated heterocycles. The first-order valence-electron chi connectivity index (χ1n) is 9.54. The predicted molar refractivity (Wildman–Crippen MR) is 120 cm³/mol. The molecular formula is C24H20FN3OS. The van der Waals surface area contributed by atoms with Gasteiger partial charge in [0.05, 0.1) is 16.6 Å². The van der Waals surface area contributed by atoms with Crippen LogP contribution in [-0.4, -0.2) is 21.1 Å². The second-order valence-corrected chi connectivity index (χ2v) is 8.08. The highest BCUT2D eigenvalue weighted by molar-refractivity contribution is 8.00. The number of carbonyl (C=O) groups is 1. The van der Waals surface area contributed by atoms with Gasteiger partial charge in [0.15, 0.2) is 5.16 Å². The minimum Gasteiger partial charge on any atom is -0.332 e. The molecule has 4 rings (SSSR count). The van der Waals surface area contributed by atoms with Gasteiger partial charge in [0, 0.05) is 16.8 Å². The Hall–Kier alpha value is -3.38. The summed E-state index contributed by atoms with van der Waals surface area (Å²) < 4.78 is 13.1. The molecule has 2 N–H and O–H groups in total. The number of thioether (sulfide) groups is 1. The first kappa shape index (κ1) is 19.9. The van der Waals surface area contributed by atoms with Crippen molar-refractivity contribution in [2.45, 2.75) is 17.3 Å². The van der Waals surface area contributed by atoms with E-state index in [9.17, 15) is 9.18 Å². The lowest BCUT2D eigenvalue weighted by atomic mass is 10.1. The summed E-state index contributed by atoms with van der Waals surface area (Å²) >= 11 is 1.35. The summed E-state index contributed by atoms with van der Waals surface area (Å²) in [6, 6.07) is 25.7. The normalized spacial score (nSPS) is 11.8. The van der Waals surface area contributed by atoms with Crippen molar-refractivity contribution in [3.8, 4) is 22.5 Å². The lowest BCUT2D eigenvalue weighted by Gasteiger charge is -2.10. The third-order valence-corrected chi connectivity index (χ3v) is 5.55. The second kappa shape index (κ2) is 8.97. The van der Waals surface area contributed by atoms with Gasteiger partial charge in [0.25, 0.3) is 0 Å². The monoisotopic (exact) mass is 417 g/mol. The largest absolute Gasteiger partial charge is 0.332 e. The zero-order valence-electron chi connectivity index (χ0n) is 16.3. The van der Waals surface area contributed by atoms with Crippen molar-refractivity contribution in [1.29, 1.82) is 0 Å². The smallest absolute Gasteiger partial charge is 0.237 e. The molecule has 0 aliphatic heterocycles. The third kappa shape index (κ3) is 4.60. The van der Waals surface area contributed by atoms with Crippen LogP contribution in [0.3, 0.4) is 0 Å². The van der Waals surface area contributed by atoms with Crippen molar-refractivity contribution in [2.24, 2.45) is 0 Å². The van der Waals surface area contributed by atoms with E-state index in [2.05, 4.69) is 10.3 Å². The summed E-state index contributed by atoms with van der Waals surface area (Å²) in [5.74, 6) is -0.515. The van der Waals surface area contributed by atoms with Gasteiger partial charge in [0.1, 0.15) is 5.82 Å². The van der Waals surface area contributed by atoms with Gasteiger partial charge in [0.2, 0.25) is 5.91 Å².